The van der Waals surface area contributed by atoms with Gasteiger partial charge in [-0.15, -0.1) is 0 Å². The number of rotatable bonds is 5. The van der Waals surface area contributed by atoms with Crippen LogP contribution >= 0.6 is 0 Å². The van der Waals surface area contributed by atoms with Crippen LogP contribution in [-0.2, 0) is 25.5 Å². The first-order chi connectivity index (χ1) is 10.5. The fourth-order valence-corrected chi connectivity index (χ4v) is 2.24. The molecule has 2 rings (SSSR count). The second-order valence-electron chi connectivity index (χ2n) is 4.95. The summed E-state index contributed by atoms with van der Waals surface area (Å²) in [4.78, 5) is 36.4. The normalized spacial score (nSPS) is 17.0. The molecule has 0 radical (unpaired) electrons. The minimum atomic E-state index is -0.711. The molecule has 22 heavy (non-hydrogen) atoms. The monoisotopic (exact) mass is 303 g/mol. The first-order valence-corrected chi connectivity index (χ1v) is 6.81. The van der Waals surface area contributed by atoms with Crippen LogP contribution in [0.15, 0.2) is 42.5 Å². The number of nitrogens with zero attached hydrogens (tertiary/aromatic N) is 1. The van der Waals surface area contributed by atoms with E-state index in [2.05, 4.69) is 11.3 Å². The summed E-state index contributed by atoms with van der Waals surface area (Å²) in [6.45, 7) is 3.69. The van der Waals surface area contributed by atoms with Gasteiger partial charge >= 0.3 is 12.1 Å². The van der Waals surface area contributed by atoms with Crippen molar-refractivity contribution in [3.8, 4) is 0 Å². The molecule has 6 nitrogen and oxygen atoms in total. The molecule has 1 saturated heterocycles. The maximum atomic E-state index is 12.3. The number of hydrogen-bond acceptors (Lipinski definition) is 5. The summed E-state index contributed by atoms with van der Waals surface area (Å²) in [5.41, 5.74) is 0.992. The number of amides is 2. The standard InChI is InChI=1S/C16H17NO5/c1-11(8-14(18)21-2)15(19)17-13(10-22-16(17)20)9-12-6-4-3-5-7-12/h3-7,13H,1,8-10H2,2H3/t13-/m1/s1. The van der Waals surface area contributed by atoms with E-state index >= 15 is 0 Å². The Balaban J connectivity index is 2.09. The Bertz CT molecular complexity index is 596. The molecule has 1 aliphatic rings. The number of methoxy groups -OCH3 is 1. The lowest BCUT2D eigenvalue weighted by molar-refractivity contribution is -0.141. The molecule has 0 unspecified atom stereocenters. The average molecular weight is 303 g/mol. The Labute approximate surface area is 128 Å². The van der Waals surface area contributed by atoms with Crippen LogP contribution in [0.4, 0.5) is 4.79 Å². The molecule has 1 aliphatic heterocycles. The average Bonchev–Trinajstić information content (AvgIpc) is 2.88. The van der Waals surface area contributed by atoms with Crippen LogP contribution in [0.5, 0.6) is 0 Å². The van der Waals surface area contributed by atoms with E-state index < -0.39 is 24.0 Å². The SMILES string of the molecule is C=C(CC(=O)OC)C(=O)N1C(=O)OC[C@H]1Cc1ccccc1. The number of imide groups is 1. The van der Waals surface area contributed by atoms with Gasteiger partial charge in [-0.2, -0.15) is 0 Å². The largest absolute Gasteiger partial charge is 0.469 e. The highest BCUT2D eigenvalue weighted by molar-refractivity contribution is 6.05. The molecule has 0 bridgehead atoms. The Kier molecular flexibility index (Phi) is 4.93. The summed E-state index contributed by atoms with van der Waals surface area (Å²) in [7, 11) is 1.22. The van der Waals surface area contributed by atoms with Crippen LogP contribution in [0.2, 0.25) is 0 Å². The third-order valence-electron chi connectivity index (χ3n) is 3.38. The summed E-state index contributed by atoms with van der Waals surface area (Å²) in [5, 5.41) is 0. The Morgan fingerprint density at radius 1 is 1.36 bits per heavy atom. The first-order valence-electron chi connectivity index (χ1n) is 6.81. The summed E-state index contributed by atoms with van der Waals surface area (Å²) >= 11 is 0. The molecule has 2 amide bonds. The highest BCUT2D eigenvalue weighted by Crippen LogP contribution is 2.20. The predicted octanol–water partition coefficient (Wildman–Crippen LogP) is 1.70. The highest BCUT2D eigenvalue weighted by Gasteiger charge is 2.38. The van der Waals surface area contributed by atoms with Gasteiger partial charge in [0.05, 0.1) is 19.6 Å². The maximum Gasteiger partial charge on any atom is 0.417 e. The zero-order chi connectivity index (χ0) is 16.1. The van der Waals surface area contributed by atoms with Gasteiger partial charge in [0.2, 0.25) is 0 Å². The molecule has 0 N–H and O–H groups in total. The molecule has 0 spiro atoms. The number of carbonyl (C=O) groups excluding carboxylic acids is 3. The van der Waals surface area contributed by atoms with Crippen molar-refractivity contribution in [1.29, 1.82) is 0 Å². The third-order valence-corrected chi connectivity index (χ3v) is 3.38. The van der Waals surface area contributed by atoms with Gasteiger partial charge < -0.3 is 9.47 Å². The summed E-state index contributed by atoms with van der Waals surface area (Å²) in [6.07, 6.45) is -0.474. The van der Waals surface area contributed by atoms with Crippen molar-refractivity contribution in [2.75, 3.05) is 13.7 Å². The lowest BCUT2D eigenvalue weighted by atomic mass is 10.0. The minimum absolute atomic E-state index is 0.00348. The van der Waals surface area contributed by atoms with Crippen molar-refractivity contribution in [2.24, 2.45) is 0 Å². The van der Waals surface area contributed by atoms with Crippen LogP contribution in [-0.4, -0.2) is 42.6 Å². The molecule has 116 valence electrons. The molecule has 6 heteroatoms. The Morgan fingerprint density at radius 2 is 2.05 bits per heavy atom. The maximum absolute atomic E-state index is 12.3. The van der Waals surface area contributed by atoms with Crippen molar-refractivity contribution >= 4 is 18.0 Å². The summed E-state index contributed by atoms with van der Waals surface area (Å²) < 4.78 is 9.46. The second-order valence-corrected chi connectivity index (χ2v) is 4.95. The van der Waals surface area contributed by atoms with E-state index in [1.165, 1.54) is 7.11 Å². The number of cyclic esters (lactones) is 1. The van der Waals surface area contributed by atoms with Crippen molar-refractivity contribution in [2.45, 2.75) is 18.9 Å². The summed E-state index contributed by atoms with van der Waals surface area (Å²) in [6, 6.07) is 9.08. The van der Waals surface area contributed by atoms with Crippen LogP contribution in [0.25, 0.3) is 0 Å². The zero-order valence-corrected chi connectivity index (χ0v) is 12.3. The van der Waals surface area contributed by atoms with Crippen LogP contribution in [0, 0.1) is 0 Å². The lowest BCUT2D eigenvalue weighted by Gasteiger charge is -2.20. The topological polar surface area (TPSA) is 72.9 Å². The van der Waals surface area contributed by atoms with Gasteiger partial charge in [0.25, 0.3) is 5.91 Å². The molecule has 1 aromatic carbocycles. The van der Waals surface area contributed by atoms with E-state index in [9.17, 15) is 14.4 Å². The first kappa shape index (κ1) is 15.8. The molecule has 1 heterocycles. The van der Waals surface area contributed by atoms with Gasteiger partial charge in [0.1, 0.15) is 6.61 Å². The van der Waals surface area contributed by atoms with Crippen LogP contribution < -0.4 is 0 Å². The lowest BCUT2D eigenvalue weighted by Crippen LogP contribution is -2.41. The molecule has 1 aromatic rings. The van der Waals surface area contributed by atoms with E-state index in [0.717, 1.165) is 10.5 Å². The van der Waals surface area contributed by atoms with Crippen LogP contribution in [0.3, 0.4) is 0 Å². The zero-order valence-electron chi connectivity index (χ0n) is 12.3. The number of benzene rings is 1. The van der Waals surface area contributed by atoms with E-state index in [4.69, 9.17) is 4.74 Å². The van der Waals surface area contributed by atoms with Gasteiger partial charge in [0.15, 0.2) is 0 Å². The minimum Gasteiger partial charge on any atom is -0.469 e. The van der Waals surface area contributed by atoms with Crippen LogP contribution in [0.1, 0.15) is 12.0 Å². The summed E-state index contributed by atoms with van der Waals surface area (Å²) in [5.74, 6) is -1.18. The number of carbonyl (C=O) groups is 3. The molecule has 1 fully saturated rings. The van der Waals surface area contributed by atoms with Crippen molar-refractivity contribution in [3.05, 3.63) is 48.0 Å². The number of ether oxygens (including phenoxy) is 2. The smallest absolute Gasteiger partial charge is 0.417 e. The van der Waals surface area contributed by atoms with E-state index in [1.54, 1.807) is 0 Å². The van der Waals surface area contributed by atoms with Gasteiger partial charge in [-0.25, -0.2) is 9.69 Å². The van der Waals surface area contributed by atoms with E-state index in [-0.39, 0.29) is 18.6 Å². The van der Waals surface area contributed by atoms with Gasteiger partial charge in [-0.05, 0) is 12.0 Å². The van der Waals surface area contributed by atoms with Crippen molar-refractivity contribution in [1.82, 2.24) is 4.90 Å². The quantitative estimate of drug-likeness (QED) is 0.611. The fourth-order valence-electron chi connectivity index (χ4n) is 2.24. The second kappa shape index (κ2) is 6.89. The van der Waals surface area contributed by atoms with Crippen molar-refractivity contribution < 1.29 is 23.9 Å². The Morgan fingerprint density at radius 3 is 2.68 bits per heavy atom. The van der Waals surface area contributed by atoms with Gasteiger partial charge in [-0.1, -0.05) is 36.9 Å². The molecular weight excluding hydrogens is 286 g/mol. The fraction of sp³-hybridized carbons (Fsp3) is 0.312. The molecular formula is C16H17NO5. The molecule has 0 saturated carbocycles. The van der Waals surface area contributed by atoms with Gasteiger partial charge in [0, 0.05) is 5.57 Å². The predicted molar refractivity (Wildman–Crippen MR) is 77.9 cm³/mol. The Hall–Kier alpha value is -2.63. The number of hydrogen-bond donors (Lipinski definition) is 0. The highest BCUT2D eigenvalue weighted by atomic mass is 16.6. The third kappa shape index (κ3) is 3.52. The molecule has 0 aliphatic carbocycles. The van der Waals surface area contributed by atoms with Gasteiger partial charge in [-0.3, -0.25) is 9.59 Å². The molecule has 0 aromatic heterocycles. The molecule has 1 atom stereocenters. The van der Waals surface area contributed by atoms with E-state index in [1.807, 2.05) is 30.3 Å². The van der Waals surface area contributed by atoms with Crippen molar-refractivity contribution in [3.63, 3.8) is 0 Å². The number of esters is 1. The van der Waals surface area contributed by atoms with E-state index in [0.29, 0.717) is 6.42 Å².